The second-order valence-corrected chi connectivity index (χ2v) is 8.68. The minimum Gasteiger partial charge on any atom is -0.398 e. The Hall–Kier alpha value is -1.22. The quantitative estimate of drug-likeness (QED) is 0.690. The third-order valence-electron chi connectivity index (χ3n) is 5.34. The number of hydrogen-bond acceptors (Lipinski definition) is 2. The van der Waals surface area contributed by atoms with Gasteiger partial charge >= 0.3 is 0 Å². The van der Waals surface area contributed by atoms with Gasteiger partial charge in [0.15, 0.2) is 0 Å². The zero-order chi connectivity index (χ0) is 18.6. The van der Waals surface area contributed by atoms with E-state index in [2.05, 4.69) is 24.8 Å². The Balaban J connectivity index is 1.99. The van der Waals surface area contributed by atoms with Crippen molar-refractivity contribution in [1.29, 1.82) is 0 Å². The molecule has 2 N–H and O–H groups in total. The molecule has 1 amide bonds. The van der Waals surface area contributed by atoms with E-state index in [9.17, 15) is 4.79 Å². The molecule has 0 radical (unpaired) electrons. The number of amides is 1. The largest absolute Gasteiger partial charge is 0.398 e. The summed E-state index contributed by atoms with van der Waals surface area (Å²) in [5.74, 6) is 2.35. The molecule has 1 aliphatic heterocycles. The van der Waals surface area contributed by atoms with Gasteiger partial charge < -0.3 is 10.6 Å². The van der Waals surface area contributed by atoms with Crippen molar-refractivity contribution in [3.05, 3.63) is 28.8 Å². The summed E-state index contributed by atoms with van der Waals surface area (Å²) in [6.45, 7) is 10.4. The van der Waals surface area contributed by atoms with E-state index in [0.717, 1.165) is 32.4 Å². The van der Waals surface area contributed by atoms with Gasteiger partial charge in [0.05, 0.1) is 10.7 Å². The number of carbonyl (C=O) groups excluding carboxylic acids is 1. The van der Waals surface area contributed by atoms with Crippen molar-refractivity contribution >= 4 is 23.2 Å². The Morgan fingerprint density at radius 2 is 2.04 bits per heavy atom. The lowest BCUT2D eigenvalue weighted by Crippen LogP contribution is -2.33. The topological polar surface area (TPSA) is 46.3 Å². The van der Waals surface area contributed by atoms with Crippen molar-refractivity contribution in [3.8, 4) is 0 Å². The number of anilines is 1. The van der Waals surface area contributed by atoms with Crippen LogP contribution in [0.3, 0.4) is 0 Å². The summed E-state index contributed by atoms with van der Waals surface area (Å²) in [7, 11) is 0. The highest BCUT2D eigenvalue weighted by atomic mass is 35.5. The first-order valence-corrected chi connectivity index (χ1v) is 9.98. The Morgan fingerprint density at radius 1 is 1.32 bits per heavy atom. The number of carbonyl (C=O) groups is 1. The molecule has 0 aromatic heterocycles. The Morgan fingerprint density at radius 3 is 2.64 bits per heavy atom. The maximum absolute atomic E-state index is 12.3. The lowest BCUT2D eigenvalue weighted by atomic mass is 9.81. The third-order valence-corrected chi connectivity index (χ3v) is 5.67. The van der Waals surface area contributed by atoms with Crippen LogP contribution in [0.5, 0.6) is 0 Å². The van der Waals surface area contributed by atoms with E-state index in [4.69, 9.17) is 17.3 Å². The van der Waals surface area contributed by atoms with E-state index >= 15 is 0 Å². The number of nitrogens with two attached hydrogens (primary N) is 1. The molecule has 1 unspecified atom stereocenters. The van der Waals surface area contributed by atoms with Crippen molar-refractivity contribution in [2.75, 3.05) is 18.8 Å². The molecule has 0 aliphatic carbocycles. The van der Waals surface area contributed by atoms with Gasteiger partial charge in [-0.3, -0.25) is 4.79 Å². The van der Waals surface area contributed by atoms with Gasteiger partial charge in [-0.1, -0.05) is 45.4 Å². The molecule has 25 heavy (non-hydrogen) atoms. The van der Waals surface area contributed by atoms with E-state index < -0.39 is 0 Å². The minimum absolute atomic E-state index is 0.0965. The highest BCUT2D eigenvalue weighted by molar-refractivity contribution is 6.33. The first-order valence-electron chi connectivity index (χ1n) is 9.60. The fourth-order valence-corrected chi connectivity index (χ4v) is 4.17. The maximum atomic E-state index is 12.3. The number of rotatable bonds is 7. The second kappa shape index (κ2) is 8.93. The van der Waals surface area contributed by atoms with E-state index in [0.29, 0.717) is 34.4 Å². The Bertz CT molecular complexity index is 585. The summed E-state index contributed by atoms with van der Waals surface area (Å²) in [5.41, 5.74) is 7.70. The van der Waals surface area contributed by atoms with Gasteiger partial charge in [0.2, 0.25) is 5.91 Å². The third kappa shape index (κ3) is 5.64. The lowest BCUT2D eigenvalue weighted by Gasteiger charge is -2.26. The molecule has 2 rings (SSSR count). The number of likely N-dealkylation sites (tertiary alicyclic amines) is 1. The number of benzene rings is 1. The van der Waals surface area contributed by atoms with Gasteiger partial charge in [-0.15, -0.1) is 0 Å². The van der Waals surface area contributed by atoms with Crippen molar-refractivity contribution in [2.24, 2.45) is 23.7 Å². The summed E-state index contributed by atoms with van der Waals surface area (Å²) < 4.78 is 0. The van der Waals surface area contributed by atoms with Crippen LogP contribution in [-0.2, 0) is 11.2 Å². The van der Waals surface area contributed by atoms with Crippen molar-refractivity contribution in [1.82, 2.24) is 4.90 Å². The molecule has 3 nitrogen and oxygen atoms in total. The molecule has 0 saturated carbocycles. The van der Waals surface area contributed by atoms with Crippen LogP contribution in [0.25, 0.3) is 0 Å². The molecule has 1 heterocycles. The van der Waals surface area contributed by atoms with Crippen LogP contribution in [0.4, 0.5) is 5.69 Å². The summed E-state index contributed by atoms with van der Waals surface area (Å²) in [5, 5.41) is 0.646. The van der Waals surface area contributed by atoms with Crippen LogP contribution in [0.2, 0.25) is 5.02 Å². The standard InChI is InChI=1S/C21H33ClN2O/c1-14(2)11-17(7-5-16-6-8-20(23)19(22)12-16)18-9-10-24(13-18)21(25)15(3)4/h6,8,12,14-15,17-18H,5,7,9-11,13,23H2,1-4H3/t17?,18-/m0/s1. The summed E-state index contributed by atoms with van der Waals surface area (Å²) >= 11 is 6.15. The van der Waals surface area contributed by atoms with Gasteiger partial charge in [0.25, 0.3) is 0 Å². The summed E-state index contributed by atoms with van der Waals surface area (Å²) in [6, 6.07) is 5.97. The van der Waals surface area contributed by atoms with Crippen LogP contribution in [0, 0.1) is 23.7 Å². The molecule has 1 fully saturated rings. The molecular weight excluding hydrogens is 332 g/mol. The fraction of sp³-hybridized carbons (Fsp3) is 0.667. The van der Waals surface area contributed by atoms with E-state index in [1.807, 2.05) is 26.0 Å². The first kappa shape index (κ1) is 20.1. The molecular formula is C21H33ClN2O. The van der Waals surface area contributed by atoms with Gasteiger partial charge in [-0.2, -0.15) is 0 Å². The van der Waals surface area contributed by atoms with E-state index in [-0.39, 0.29) is 5.92 Å². The van der Waals surface area contributed by atoms with Crippen LogP contribution in [-0.4, -0.2) is 23.9 Å². The summed E-state index contributed by atoms with van der Waals surface area (Å²) in [6.07, 6.45) is 4.52. The second-order valence-electron chi connectivity index (χ2n) is 8.27. The smallest absolute Gasteiger partial charge is 0.225 e. The van der Waals surface area contributed by atoms with Gasteiger partial charge in [-0.05, 0) is 61.1 Å². The average Bonchev–Trinajstić information content (AvgIpc) is 3.03. The van der Waals surface area contributed by atoms with Crippen LogP contribution < -0.4 is 5.73 Å². The minimum atomic E-state index is 0.0965. The SMILES string of the molecule is CC(C)CC(CCc1ccc(N)c(Cl)c1)[C@H]1CCN(C(=O)C(C)C)C1. The number of nitrogens with zero attached hydrogens (tertiary/aromatic N) is 1. The lowest BCUT2D eigenvalue weighted by molar-refractivity contribution is -0.133. The van der Waals surface area contributed by atoms with Crippen LogP contribution in [0.1, 0.15) is 52.5 Å². The molecule has 4 heteroatoms. The monoisotopic (exact) mass is 364 g/mol. The van der Waals surface area contributed by atoms with Crippen molar-refractivity contribution < 1.29 is 4.79 Å². The van der Waals surface area contributed by atoms with E-state index in [1.165, 1.54) is 12.0 Å². The Kier molecular flexibility index (Phi) is 7.18. The Labute approximate surface area is 157 Å². The van der Waals surface area contributed by atoms with Crippen molar-refractivity contribution in [2.45, 2.75) is 53.4 Å². The molecule has 0 spiro atoms. The number of hydrogen-bond donors (Lipinski definition) is 1. The summed E-state index contributed by atoms with van der Waals surface area (Å²) in [4.78, 5) is 14.4. The highest BCUT2D eigenvalue weighted by Gasteiger charge is 2.32. The highest BCUT2D eigenvalue weighted by Crippen LogP contribution is 2.33. The number of halogens is 1. The molecule has 2 atom stereocenters. The van der Waals surface area contributed by atoms with Crippen molar-refractivity contribution in [3.63, 3.8) is 0 Å². The zero-order valence-corrected chi connectivity index (χ0v) is 16.9. The molecule has 1 aliphatic rings. The molecule has 1 aromatic rings. The van der Waals surface area contributed by atoms with Gasteiger partial charge in [-0.25, -0.2) is 0 Å². The molecule has 1 aromatic carbocycles. The predicted molar refractivity (Wildman–Crippen MR) is 107 cm³/mol. The number of aryl methyl sites for hydroxylation is 1. The number of nitrogen functional groups attached to an aromatic ring is 1. The predicted octanol–water partition coefficient (Wildman–Crippen LogP) is 5.02. The first-order chi connectivity index (χ1) is 11.8. The maximum Gasteiger partial charge on any atom is 0.225 e. The average molecular weight is 365 g/mol. The molecule has 1 saturated heterocycles. The normalized spacial score (nSPS) is 19.0. The van der Waals surface area contributed by atoms with Gasteiger partial charge in [0, 0.05) is 19.0 Å². The van der Waals surface area contributed by atoms with Gasteiger partial charge in [0.1, 0.15) is 0 Å². The van der Waals surface area contributed by atoms with Crippen LogP contribution in [0.15, 0.2) is 18.2 Å². The molecule has 0 bridgehead atoms. The molecule has 140 valence electrons. The van der Waals surface area contributed by atoms with E-state index in [1.54, 1.807) is 0 Å². The zero-order valence-electron chi connectivity index (χ0n) is 16.1. The van der Waals surface area contributed by atoms with Crippen LogP contribution >= 0.6 is 11.6 Å². The fourth-order valence-electron chi connectivity index (χ4n) is 3.97.